The van der Waals surface area contributed by atoms with Crippen LogP contribution in [0.4, 0.5) is 5.69 Å². The zero-order chi connectivity index (χ0) is 22.4. The Labute approximate surface area is 186 Å². The molecule has 0 aliphatic carbocycles. The standard InChI is InChI=1S/C22H21ClN4O3S/c1-16-3-6-20(13-17(16)2)27(31(29,30)21-7-4-19(23)5-8-21)15-22(28)26-25-14-18-9-11-24-12-10-18/h3-14H,15H2,1-2H3,(H,26,28)/b25-14+. The first-order valence-electron chi connectivity index (χ1n) is 9.35. The number of aromatic nitrogens is 1. The SMILES string of the molecule is Cc1ccc(N(CC(=O)N/N=C/c2ccncc2)S(=O)(=O)c2ccc(Cl)cc2)cc1C. The third kappa shape index (κ3) is 5.68. The molecule has 0 unspecified atom stereocenters. The number of aryl methyl sites for hydroxylation is 2. The predicted octanol–water partition coefficient (Wildman–Crippen LogP) is 3.70. The molecular weight excluding hydrogens is 436 g/mol. The molecule has 31 heavy (non-hydrogen) atoms. The number of hydrogen-bond donors (Lipinski definition) is 1. The number of carbonyl (C=O) groups is 1. The van der Waals surface area contributed by atoms with E-state index in [-0.39, 0.29) is 4.90 Å². The molecule has 0 saturated carbocycles. The first kappa shape index (κ1) is 22.5. The molecule has 0 spiro atoms. The number of rotatable bonds is 7. The number of amides is 1. The molecule has 0 atom stereocenters. The Balaban J connectivity index is 1.88. The van der Waals surface area contributed by atoms with Gasteiger partial charge in [-0.05, 0) is 79.1 Å². The molecule has 1 heterocycles. The molecule has 0 aliphatic heterocycles. The zero-order valence-corrected chi connectivity index (χ0v) is 18.6. The Kier molecular flexibility index (Phi) is 7.04. The van der Waals surface area contributed by atoms with E-state index in [4.69, 9.17) is 11.6 Å². The molecular formula is C22H21ClN4O3S. The second-order valence-corrected chi connectivity index (χ2v) is 9.11. The molecule has 2 aromatic carbocycles. The fraction of sp³-hybridized carbons (Fsp3) is 0.136. The molecule has 3 aromatic rings. The van der Waals surface area contributed by atoms with Crippen LogP contribution in [0, 0.1) is 13.8 Å². The van der Waals surface area contributed by atoms with Crippen molar-refractivity contribution in [2.45, 2.75) is 18.7 Å². The Morgan fingerprint density at radius 3 is 2.39 bits per heavy atom. The number of benzene rings is 2. The minimum Gasteiger partial charge on any atom is -0.271 e. The Morgan fingerprint density at radius 2 is 1.74 bits per heavy atom. The van der Waals surface area contributed by atoms with Crippen LogP contribution in [0.15, 0.2) is 77.0 Å². The molecule has 160 valence electrons. The van der Waals surface area contributed by atoms with Gasteiger partial charge in [-0.25, -0.2) is 13.8 Å². The van der Waals surface area contributed by atoms with Crippen molar-refractivity contribution in [2.24, 2.45) is 5.10 Å². The van der Waals surface area contributed by atoms with Crippen LogP contribution >= 0.6 is 11.6 Å². The monoisotopic (exact) mass is 456 g/mol. The second kappa shape index (κ2) is 9.72. The first-order valence-corrected chi connectivity index (χ1v) is 11.2. The van der Waals surface area contributed by atoms with E-state index in [2.05, 4.69) is 15.5 Å². The maximum atomic E-state index is 13.3. The first-order chi connectivity index (χ1) is 14.8. The average molecular weight is 457 g/mol. The van der Waals surface area contributed by atoms with Crippen LogP contribution in [-0.4, -0.2) is 32.1 Å². The molecule has 0 fully saturated rings. The third-order valence-corrected chi connectivity index (χ3v) is 6.62. The maximum absolute atomic E-state index is 13.3. The minimum atomic E-state index is -4.02. The van der Waals surface area contributed by atoms with E-state index in [0.717, 1.165) is 21.0 Å². The summed E-state index contributed by atoms with van der Waals surface area (Å²) in [6.07, 6.45) is 4.65. The number of hydrogen-bond acceptors (Lipinski definition) is 5. The quantitative estimate of drug-likeness (QED) is 0.433. The van der Waals surface area contributed by atoms with Gasteiger partial charge in [-0.3, -0.25) is 14.1 Å². The Morgan fingerprint density at radius 1 is 1.06 bits per heavy atom. The lowest BCUT2D eigenvalue weighted by Crippen LogP contribution is -2.39. The molecule has 9 heteroatoms. The third-order valence-electron chi connectivity index (χ3n) is 4.58. The smallest absolute Gasteiger partial charge is 0.264 e. The van der Waals surface area contributed by atoms with E-state index in [1.54, 1.807) is 36.7 Å². The molecule has 0 bridgehead atoms. The van der Waals surface area contributed by atoms with Crippen molar-refractivity contribution in [2.75, 3.05) is 10.8 Å². The average Bonchev–Trinajstić information content (AvgIpc) is 2.75. The van der Waals surface area contributed by atoms with Gasteiger partial charge in [0.2, 0.25) is 0 Å². The summed E-state index contributed by atoms with van der Waals surface area (Å²) in [5.41, 5.74) is 5.42. The van der Waals surface area contributed by atoms with Crippen LogP contribution in [0.1, 0.15) is 16.7 Å². The number of nitrogens with one attached hydrogen (secondary N) is 1. The van der Waals surface area contributed by atoms with Gasteiger partial charge >= 0.3 is 0 Å². The van der Waals surface area contributed by atoms with Crippen molar-refractivity contribution < 1.29 is 13.2 Å². The van der Waals surface area contributed by atoms with E-state index in [0.29, 0.717) is 10.7 Å². The van der Waals surface area contributed by atoms with Crippen LogP contribution in [0.2, 0.25) is 5.02 Å². The Bertz CT molecular complexity index is 1200. The summed E-state index contributed by atoms with van der Waals surface area (Å²) in [5.74, 6) is -0.582. The van der Waals surface area contributed by atoms with E-state index < -0.39 is 22.5 Å². The molecule has 1 amide bonds. The van der Waals surface area contributed by atoms with Crippen molar-refractivity contribution in [3.63, 3.8) is 0 Å². The topological polar surface area (TPSA) is 91.7 Å². The van der Waals surface area contributed by atoms with Crippen molar-refractivity contribution in [1.29, 1.82) is 0 Å². The molecule has 1 N–H and O–H groups in total. The van der Waals surface area contributed by atoms with Gasteiger partial charge in [0.25, 0.3) is 15.9 Å². The summed E-state index contributed by atoms with van der Waals surface area (Å²) in [7, 11) is -4.02. The summed E-state index contributed by atoms with van der Waals surface area (Å²) in [6, 6.07) is 14.5. The highest BCUT2D eigenvalue weighted by Crippen LogP contribution is 2.26. The van der Waals surface area contributed by atoms with Crippen LogP contribution in [-0.2, 0) is 14.8 Å². The largest absolute Gasteiger partial charge is 0.271 e. The lowest BCUT2D eigenvalue weighted by atomic mass is 10.1. The van der Waals surface area contributed by atoms with Gasteiger partial charge < -0.3 is 0 Å². The molecule has 0 saturated heterocycles. The number of anilines is 1. The molecule has 0 aliphatic rings. The highest BCUT2D eigenvalue weighted by molar-refractivity contribution is 7.92. The van der Waals surface area contributed by atoms with Gasteiger partial charge in [0, 0.05) is 17.4 Å². The Hall–Kier alpha value is -3.23. The van der Waals surface area contributed by atoms with Crippen molar-refractivity contribution in [3.05, 3.63) is 88.7 Å². The lowest BCUT2D eigenvalue weighted by molar-refractivity contribution is -0.119. The number of carbonyl (C=O) groups excluding carboxylic acids is 1. The fourth-order valence-corrected chi connectivity index (χ4v) is 4.26. The van der Waals surface area contributed by atoms with Gasteiger partial charge in [0.1, 0.15) is 6.54 Å². The van der Waals surface area contributed by atoms with Gasteiger partial charge in [-0.15, -0.1) is 0 Å². The second-order valence-electron chi connectivity index (χ2n) is 6.81. The van der Waals surface area contributed by atoms with E-state index in [1.807, 2.05) is 19.9 Å². The van der Waals surface area contributed by atoms with Crippen LogP contribution in [0.5, 0.6) is 0 Å². The van der Waals surface area contributed by atoms with Crippen LogP contribution < -0.4 is 9.73 Å². The van der Waals surface area contributed by atoms with E-state index in [9.17, 15) is 13.2 Å². The number of sulfonamides is 1. The van der Waals surface area contributed by atoms with Gasteiger partial charge in [0.15, 0.2) is 0 Å². The van der Waals surface area contributed by atoms with E-state index in [1.165, 1.54) is 30.5 Å². The van der Waals surface area contributed by atoms with Crippen LogP contribution in [0.25, 0.3) is 0 Å². The summed E-state index contributed by atoms with van der Waals surface area (Å²) < 4.78 is 27.7. The molecule has 0 radical (unpaired) electrons. The maximum Gasteiger partial charge on any atom is 0.264 e. The number of nitrogens with zero attached hydrogens (tertiary/aromatic N) is 3. The summed E-state index contributed by atoms with van der Waals surface area (Å²) in [5, 5.41) is 4.31. The fourth-order valence-electron chi connectivity index (χ4n) is 2.72. The van der Waals surface area contributed by atoms with Crippen molar-refractivity contribution in [3.8, 4) is 0 Å². The highest BCUT2D eigenvalue weighted by Gasteiger charge is 2.27. The normalized spacial score (nSPS) is 11.5. The number of pyridine rings is 1. The highest BCUT2D eigenvalue weighted by atomic mass is 35.5. The van der Waals surface area contributed by atoms with Gasteiger partial charge in [-0.1, -0.05) is 17.7 Å². The molecule has 1 aromatic heterocycles. The lowest BCUT2D eigenvalue weighted by Gasteiger charge is -2.24. The van der Waals surface area contributed by atoms with Crippen molar-refractivity contribution >= 4 is 39.4 Å². The predicted molar refractivity (Wildman–Crippen MR) is 122 cm³/mol. The van der Waals surface area contributed by atoms with E-state index >= 15 is 0 Å². The van der Waals surface area contributed by atoms with Crippen LogP contribution in [0.3, 0.4) is 0 Å². The zero-order valence-electron chi connectivity index (χ0n) is 17.0. The minimum absolute atomic E-state index is 0.0308. The summed E-state index contributed by atoms with van der Waals surface area (Å²) in [6.45, 7) is 3.36. The van der Waals surface area contributed by atoms with Gasteiger partial charge in [0.05, 0.1) is 16.8 Å². The number of hydrazone groups is 1. The molecule has 3 rings (SSSR count). The van der Waals surface area contributed by atoms with Crippen molar-refractivity contribution in [1.82, 2.24) is 10.4 Å². The number of halogens is 1. The van der Waals surface area contributed by atoms with Gasteiger partial charge in [-0.2, -0.15) is 5.10 Å². The summed E-state index contributed by atoms with van der Waals surface area (Å²) in [4.78, 5) is 16.5. The molecule has 7 nitrogen and oxygen atoms in total. The summed E-state index contributed by atoms with van der Waals surface area (Å²) >= 11 is 5.90.